The van der Waals surface area contributed by atoms with Crippen LogP contribution in [0.25, 0.3) is 0 Å². The number of nitrogens with zero attached hydrogens (tertiary/aromatic N) is 1. The van der Waals surface area contributed by atoms with E-state index in [2.05, 4.69) is 4.98 Å². The summed E-state index contributed by atoms with van der Waals surface area (Å²) in [6.45, 7) is 0. The number of carbonyl (C=O) groups is 1. The number of pyridine rings is 1. The lowest BCUT2D eigenvalue weighted by molar-refractivity contribution is 0.100. The van der Waals surface area contributed by atoms with Gasteiger partial charge in [0.15, 0.2) is 0 Å². The van der Waals surface area contributed by atoms with Crippen molar-refractivity contribution >= 4 is 17.5 Å². The van der Waals surface area contributed by atoms with Gasteiger partial charge in [-0.25, -0.2) is 4.98 Å². The van der Waals surface area contributed by atoms with Crippen molar-refractivity contribution in [3.05, 3.63) is 53.2 Å². The Bertz CT molecular complexity index is 540. The fourth-order valence-electron chi connectivity index (χ4n) is 1.25. The van der Waals surface area contributed by atoms with E-state index in [0.717, 1.165) is 0 Å². The third kappa shape index (κ3) is 2.95. The normalized spacial score (nSPS) is 9.94. The number of amides is 1. The van der Waals surface area contributed by atoms with Crippen LogP contribution < -0.4 is 10.5 Å². The summed E-state index contributed by atoms with van der Waals surface area (Å²) < 4.78 is 5.45. The minimum Gasteiger partial charge on any atom is -0.439 e. The van der Waals surface area contributed by atoms with Gasteiger partial charge in [0.1, 0.15) is 10.9 Å². The second-order valence-corrected chi connectivity index (χ2v) is 3.68. The van der Waals surface area contributed by atoms with Crippen LogP contribution in [0.15, 0.2) is 42.5 Å². The summed E-state index contributed by atoms with van der Waals surface area (Å²) >= 11 is 5.73. The zero-order valence-corrected chi connectivity index (χ0v) is 9.52. The Kier molecular flexibility index (Phi) is 3.25. The summed E-state index contributed by atoms with van der Waals surface area (Å²) in [7, 11) is 0. The van der Waals surface area contributed by atoms with Crippen LogP contribution >= 0.6 is 11.6 Å². The molecule has 0 unspecified atom stereocenters. The molecule has 0 aliphatic heterocycles. The van der Waals surface area contributed by atoms with Crippen molar-refractivity contribution in [1.29, 1.82) is 0 Å². The van der Waals surface area contributed by atoms with E-state index < -0.39 is 5.91 Å². The molecule has 0 radical (unpaired) electrons. The van der Waals surface area contributed by atoms with Crippen LogP contribution in [0.5, 0.6) is 11.6 Å². The quantitative estimate of drug-likeness (QED) is 0.849. The van der Waals surface area contributed by atoms with Gasteiger partial charge in [0.25, 0.3) is 0 Å². The van der Waals surface area contributed by atoms with E-state index in [0.29, 0.717) is 22.3 Å². The summed E-state index contributed by atoms with van der Waals surface area (Å²) in [6.07, 6.45) is 0. The van der Waals surface area contributed by atoms with Gasteiger partial charge < -0.3 is 10.5 Å². The molecule has 17 heavy (non-hydrogen) atoms. The van der Waals surface area contributed by atoms with E-state index in [1.165, 1.54) is 0 Å². The maximum atomic E-state index is 10.9. The molecule has 0 aliphatic rings. The van der Waals surface area contributed by atoms with Crippen LogP contribution in [0.1, 0.15) is 10.4 Å². The van der Waals surface area contributed by atoms with Crippen molar-refractivity contribution in [3.8, 4) is 11.6 Å². The van der Waals surface area contributed by atoms with Crippen LogP contribution in [0, 0.1) is 0 Å². The van der Waals surface area contributed by atoms with E-state index in [4.69, 9.17) is 22.1 Å². The van der Waals surface area contributed by atoms with Gasteiger partial charge in [0.05, 0.1) is 0 Å². The van der Waals surface area contributed by atoms with Crippen LogP contribution in [0.2, 0.25) is 5.15 Å². The number of aromatic nitrogens is 1. The number of hydrogen-bond donors (Lipinski definition) is 1. The number of benzene rings is 1. The van der Waals surface area contributed by atoms with Crippen molar-refractivity contribution in [2.75, 3.05) is 0 Å². The van der Waals surface area contributed by atoms with E-state index in [1.54, 1.807) is 42.5 Å². The van der Waals surface area contributed by atoms with Crippen molar-refractivity contribution in [1.82, 2.24) is 4.98 Å². The first kappa shape index (κ1) is 11.4. The number of hydrogen-bond acceptors (Lipinski definition) is 3. The first-order chi connectivity index (χ1) is 8.15. The maximum absolute atomic E-state index is 10.9. The van der Waals surface area contributed by atoms with Crippen molar-refractivity contribution in [2.45, 2.75) is 0 Å². The van der Waals surface area contributed by atoms with Gasteiger partial charge in [-0.05, 0) is 30.3 Å². The monoisotopic (exact) mass is 248 g/mol. The lowest BCUT2D eigenvalue weighted by atomic mass is 10.2. The number of primary amides is 1. The Morgan fingerprint density at radius 1 is 1.18 bits per heavy atom. The third-order valence-electron chi connectivity index (χ3n) is 2.05. The van der Waals surface area contributed by atoms with Crippen molar-refractivity contribution in [2.24, 2.45) is 5.73 Å². The lowest BCUT2D eigenvalue weighted by Gasteiger charge is -2.04. The minimum absolute atomic E-state index is 0.358. The molecule has 0 saturated carbocycles. The van der Waals surface area contributed by atoms with Crippen molar-refractivity contribution < 1.29 is 9.53 Å². The van der Waals surface area contributed by atoms with Gasteiger partial charge in [-0.3, -0.25) is 4.79 Å². The molecule has 1 amide bonds. The molecule has 0 bridgehead atoms. The molecule has 0 fully saturated rings. The maximum Gasteiger partial charge on any atom is 0.248 e. The Labute approximate surface area is 103 Å². The van der Waals surface area contributed by atoms with Crippen LogP contribution in [-0.2, 0) is 0 Å². The predicted molar refractivity (Wildman–Crippen MR) is 64.3 cm³/mol. The van der Waals surface area contributed by atoms with Gasteiger partial charge in [-0.2, -0.15) is 0 Å². The number of rotatable bonds is 3. The number of nitrogens with two attached hydrogens (primary N) is 1. The highest BCUT2D eigenvalue weighted by Crippen LogP contribution is 2.20. The zero-order chi connectivity index (χ0) is 12.3. The fraction of sp³-hybridized carbons (Fsp3) is 0. The predicted octanol–water partition coefficient (Wildman–Crippen LogP) is 2.63. The molecule has 4 nitrogen and oxygen atoms in total. The van der Waals surface area contributed by atoms with Gasteiger partial charge >= 0.3 is 0 Å². The van der Waals surface area contributed by atoms with E-state index >= 15 is 0 Å². The third-order valence-corrected chi connectivity index (χ3v) is 2.26. The van der Waals surface area contributed by atoms with Crippen LogP contribution in [0.4, 0.5) is 0 Å². The Balaban J connectivity index is 2.16. The summed E-state index contributed by atoms with van der Waals surface area (Å²) in [5, 5.41) is 0.358. The van der Waals surface area contributed by atoms with Crippen molar-refractivity contribution in [3.63, 3.8) is 0 Å². The minimum atomic E-state index is -0.475. The largest absolute Gasteiger partial charge is 0.439 e. The number of carbonyl (C=O) groups excluding carboxylic acids is 1. The Morgan fingerprint density at radius 2 is 1.88 bits per heavy atom. The van der Waals surface area contributed by atoms with Gasteiger partial charge in [-0.15, -0.1) is 0 Å². The van der Waals surface area contributed by atoms with Gasteiger partial charge in [0.2, 0.25) is 11.8 Å². The van der Waals surface area contributed by atoms with Gasteiger partial charge in [-0.1, -0.05) is 17.7 Å². The molecule has 5 heteroatoms. The molecule has 1 heterocycles. The summed E-state index contributed by atoms with van der Waals surface area (Å²) in [5.41, 5.74) is 5.55. The topological polar surface area (TPSA) is 65.2 Å². The number of ether oxygens (including phenoxy) is 1. The Morgan fingerprint density at radius 3 is 2.47 bits per heavy atom. The molecular formula is C12H9ClN2O2. The SMILES string of the molecule is NC(=O)c1ccc(Oc2cccc(Cl)n2)cc1. The average molecular weight is 249 g/mol. The zero-order valence-electron chi connectivity index (χ0n) is 8.76. The molecular weight excluding hydrogens is 240 g/mol. The standard InChI is InChI=1S/C12H9ClN2O2/c13-10-2-1-3-11(15-10)17-9-6-4-8(5-7-9)12(14)16/h1-7H,(H2,14,16). The Hall–Kier alpha value is -2.07. The molecule has 1 aromatic heterocycles. The van der Waals surface area contributed by atoms with Crippen LogP contribution in [-0.4, -0.2) is 10.9 Å². The highest BCUT2D eigenvalue weighted by Gasteiger charge is 2.02. The van der Waals surface area contributed by atoms with Gasteiger partial charge in [0, 0.05) is 11.6 Å². The molecule has 1 aromatic carbocycles. The molecule has 0 atom stereocenters. The molecule has 2 aromatic rings. The summed E-state index contributed by atoms with van der Waals surface area (Å²) in [6, 6.07) is 11.5. The highest BCUT2D eigenvalue weighted by atomic mass is 35.5. The van der Waals surface area contributed by atoms with E-state index in [9.17, 15) is 4.79 Å². The highest BCUT2D eigenvalue weighted by molar-refractivity contribution is 6.29. The second-order valence-electron chi connectivity index (χ2n) is 3.29. The van der Waals surface area contributed by atoms with Crippen LogP contribution in [0.3, 0.4) is 0 Å². The van der Waals surface area contributed by atoms with E-state index in [1.807, 2.05) is 0 Å². The fourth-order valence-corrected chi connectivity index (χ4v) is 1.41. The molecule has 86 valence electrons. The lowest BCUT2D eigenvalue weighted by Crippen LogP contribution is -2.10. The summed E-state index contributed by atoms with van der Waals surface area (Å²) in [5.74, 6) is 0.478. The first-order valence-electron chi connectivity index (χ1n) is 4.85. The van der Waals surface area contributed by atoms with E-state index in [-0.39, 0.29) is 0 Å². The average Bonchev–Trinajstić information content (AvgIpc) is 2.29. The molecule has 2 rings (SSSR count). The molecule has 0 spiro atoms. The molecule has 2 N–H and O–H groups in total. The first-order valence-corrected chi connectivity index (χ1v) is 5.23. The summed E-state index contributed by atoms with van der Waals surface area (Å²) in [4.78, 5) is 14.8. The smallest absolute Gasteiger partial charge is 0.248 e. The number of halogens is 1. The second kappa shape index (κ2) is 4.84. The molecule has 0 aliphatic carbocycles. The molecule has 0 saturated heterocycles.